The van der Waals surface area contributed by atoms with E-state index >= 15 is 0 Å². The number of nitrogens with zero attached hydrogens (tertiary/aromatic N) is 1. The van der Waals surface area contributed by atoms with Crippen LogP contribution >= 0.6 is 11.3 Å². The Bertz CT molecular complexity index is 1030. The Morgan fingerprint density at radius 2 is 1.93 bits per heavy atom. The number of carbonyl (C=O) groups is 2. The van der Waals surface area contributed by atoms with Crippen LogP contribution in [-0.2, 0) is 21.7 Å². The van der Waals surface area contributed by atoms with E-state index in [1.807, 2.05) is 60.0 Å². The van der Waals surface area contributed by atoms with Crippen LogP contribution in [-0.4, -0.2) is 41.2 Å². The fraction of sp³-hybridized carbons (Fsp3) is 0.273. The molecule has 1 saturated heterocycles. The van der Waals surface area contributed by atoms with Gasteiger partial charge in [0.05, 0.1) is 25.9 Å². The Morgan fingerprint density at radius 1 is 1.14 bits per heavy atom. The molecule has 0 radical (unpaired) electrons. The Balaban J connectivity index is 1.48. The second-order valence-electron chi connectivity index (χ2n) is 7.25. The van der Waals surface area contributed by atoms with E-state index in [4.69, 9.17) is 4.74 Å². The molecule has 2 aromatic carbocycles. The van der Waals surface area contributed by atoms with Crippen molar-refractivity contribution in [3.63, 3.8) is 0 Å². The second-order valence-corrected chi connectivity index (χ2v) is 8.28. The van der Waals surface area contributed by atoms with Crippen molar-refractivity contribution in [3.05, 3.63) is 70.4 Å². The van der Waals surface area contributed by atoms with Crippen LogP contribution in [0.1, 0.15) is 17.4 Å². The van der Waals surface area contributed by atoms with E-state index in [9.17, 15) is 14.7 Å². The molecule has 2 N–H and O–H groups in total. The molecule has 0 bridgehead atoms. The van der Waals surface area contributed by atoms with Crippen molar-refractivity contribution in [1.29, 1.82) is 0 Å². The molecule has 7 heteroatoms. The average molecular weight is 410 g/mol. The highest BCUT2D eigenvalue weighted by atomic mass is 32.1. The van der Waals surface area contributed by atoms with E-state index < -0.39 is 17.7 Å². The zero-order chi connectivity index (χ0) is 20.4. The number of hydrogen-bond acceptors (Lipinski definition) is 5. The summed E-state index contributed by atoms with van der Waals surface area (Å²) in [5, 5.41) is 17.0. The monoisotopic (exact) mass is 410 g/mol. The van der Waals surface area contributed by atoms with Gasteiger partial charge in [-0.05, 0) is 34.7 Å². The van der Waals surface area contributed by atoms with Gasteiger partial charge >= 0.3 is 6.03 Å². The lowest BCUT2D eigenvalue weighted by Gasteiger charge is -2.24. The zero-order valence-electron chi connectivity index (χ0n) is 16.0. The predicted octanol–water partition coefficient (Wildman–Crippen LogP) is 3.25. The Morgan fingerprint density at radius 3 is 2.72 bits per heavy atom. The Kier molecular flexibility index (Phi) is 5.36. The van der Waals surface area contributed by atoms with Crippen molar-refractivity contribution in [1.82, 2.24) is 10.2 Å². The highest BCUT2D eigenvalue weighted by molar-refractivity contribution is 7.09. The molecule has 29 heavy (non-hydrogen) atoms. The van der Waals surface area contributed by atoms with E-state index in [-0.39, 0.29) is 19.1 Å². The molecule has 3 aromatic rings. The Labute approximate surface area is 172 Å². The van der Waals surface area contributed by atoms with Crippen molar-refractivity contribution >= 4 is 34.0 Å². The maximum atomic E-state index is 13.2. The van der Waals surface area contributed by atoms with E-state index in [1.165, 1.54) is 0 Å². The first kappa shape index (κ1) is 19.6. The molecule has 1 aliphatic heterocycles. The SMILES string of the molecule is C[C@]1(c2cccc3ccccc23)NC(=O)N(C[C@@H](O)COCc2cccs2)C1=O. The lowest BCUT2D eigenvalue weighted by molar-refractivity contribution is -0.132. The van der Waals surface area contributed by atoms with Crippen LogP contribution in [0.5, 0.6) is 0 Å². The zero-order valence-corrected chi connectivity index (χ0v) is 16.8. The third-order valence-corrected chi connectivity index (χ3v) is 5.98. The first-order chi connectivity index (χ1) is 14.0. The van der Waals surface area contributed by atoms with Crippen LogP contribution < -0.4 is 5.32 Å². The smallest absolute Gasteiger partial charge is 0.325 e. The molecule has 4 rings (SSSR count). The molecule has 6 nitrogen and oxygen atoms in total. The molecular weight excluding hydrogens is 388 g/mol. The maximum absolute atomic E-state index is 13.2. The van der Waals surface area contributed by atoms with Gasteiger partial charge in [0, 0.05) is 4.88 Å². The highest BCUT2D eigenvalue weighted by Gasteiger charge is 2.49. The predicted molar refractivity (Wildman–Crippen MR) is 112 cm³/mol. The number of hydrogen-bond donors (Lipinski definition) is 2. The third-order valence-electron chi connectivity index (χ3n) is 5.13. The number of aliphatic hydroxyl groups is 1. The topological polar surface area (TPSA) is 78.9 Å². The van der Waals surface area contributed by atoms with Crippen molar-refractivity contribution in [2.45, 2.75) is 25.2 Å². The number of benzene rings is 2. The molecule has 1 aromatic heterocycles. The van der Waals surface area contributed by atoms with Gasteiger partial charge in [0.25, 0.3) is 5.91 Å². The molecular formula is C22H22N2O4S. The quantitative estimate of drug-likeness (QED) is 0.586. The summed E-state index contributed by atoms with van der Waals surface area (Å²) in [6, 6.07) is 16.8. The first-order valence-electron chi connectivity index (χ1n) is 9.39. The molecule has 0 aliphatic carbocycles. The summed E-state index contributed by atoms with van der Waals surface area (Å²) in [5.41, 5.74) is -0.449. The van der Waals surface area contributed by atoms with Crippen LogP contribution in [0.4, 0.5) is 4.79 Å². The number of imide groups is 1. The number of fused-ring (bicyclic) bond motifs is 1. The van der Waals surface area contributed by atoms with Gasteiger partial charge in [0.15, 0.2) is 0 Å². The van der Waals surface area contributed by atoms with Crippen LogP contribution in [0.3, 0.4) is 0 Å². The van der Waals surface area contributed by atoms with Crippen molar-refractivity contribution in [2.75, 3.05) is 13.2 Å². The van der Waals surface area contributed by atoms with Gasteiger partial charge in [-0.3, -0.25) is 9.69 Å². The summed E-state index contributed by atoms with van der Waals surface area (Å²) >= 11 is 1.57. The number of rotatable bonds is 7. The lowest BCUT2D eigenvalue weighted by Crippen LogP contribution is -2.42. The minimum atomic E-state index is -1.19. The van der Waals surface area contributed by atoms with Gasteiger partial charge in [-0.15, -0.1) is 11.3 Å². The molecule has 1 fully saturated rings. The van der Waals surface area contributed by atoms with Crippen LogP contribution in [0, 0.1) is 0 Å². The molecule has 0 spiro atoms. The minimum Gasteiger partial charge on any atom is -0.389 e. The number of carbonyl (C=O) groups excluding carboxylic acids is 2. The fourth-order valence-corrected chi connectivity index (χ4v) is 4.30. The van der Waals surface area contributed by atoms with Crippen LogP contribution in [0.25, 0.3) is 10.8 Å². The van der Waals surface area contributed by atoms with Crippen molar-refractivity contribution in [2.24, 2.45) is 0 Å². The van der Waals surface area contributed by atoms with Gasteiger partial charge in [-0.1, -0.05) is 48.5 Å². The average Bonchev–Trinajstić information content (AvgIpc) is 3.31. The number of β-amino-alcohol motifs (C(OH)–C–C–N with tert-alkyl or cyclic N) is 1. The first-order valence-corrected chi connectivity index (χ1v) is 10.3. The number of urea groups is 1. The van der Waals surface area contributed by atoms with Gasteiger partial charge in [0.1, 0.15) is 5.54 Å². The summed E-state index contributed by atoms with van der Waals surface area (Å²) in [4.78, 5) is 27.8. The normalized spacial score (nSPS) is 20.3. The van der Waals surface area contributed by atoms with Crippen LogP contribution in [0.2, 0.25) is 0 Å². The Hall–Kier alpha value is -2.74. The third kappa shape index (κ3) is 3.76. The second kappa shape index (κ2) is 7.94. The summed E-state index contributed by atoms with van der Waals surface area (Å²) in [6.07, 6.45) is -0.959. The number of aliphatic hydroxyl groups excluding tert-OH is 1. The number of thiophene rings is 1. The van der Waals surface area contributed by atoms with E-state index in [2.05, 4.69) is 5.32 Å². The molecule has 2 heterocycles. The summed E-state index contributed by atoms with van der Waals surface area (Å²) in [7, 11) is 0. The summed E-state index contributed by atoms with van der Waals surface area (Å²) in [6.45, 7) is 2.02. The molecule has 0 saturated carbocycles. The molecule has 3 amide bonds. The molecule has 1 aliphatic rings. The van der Waals surface area contributed by atoms with Gasteiger partial charge in [-0.2, -0.15) is 0 Å². The lowest BCUT2D eigenvalue weighted by atomic mass is 9.88. The van der Waals surface area contributed by atoms with Crippen molar-refractivity contribution in [3.8, 4) is 0 Å². The van der Waals surface area contributed by atoms with Gasteiger partial charge in [-0.25, -0.2) is 4.79 Å². The number of amides is 3. The maximum Gasteiger partial charge on any atom is 0.325 e. The summed E-state index contributed by atoms with van der Waals surface area (Å²) in [5.74, 6) is -0.379. The minimum absolute atomic E-state index is 0.0416. The van der Waals surface area contributed by atoms with Gasteiger partial charge in [0.2, 0.25) is 0 Å². The standard InChI is InChI=1S/C22H22N2O4S/c1-22(19-10-4-7-15-6-2-3-9-18(15)19)20(26)24(21(27)23-22)12-16(25)13-28-14-17-8-5-11-29-17/h2-11,16,25H,12-14H2,1H3,(H,23,27)/t16-,22-/m1/s1. The molecule has 150 valence electrons. The van der Waals surface area contributed by atoms with E-state index in [0.717, 1.165) is 26.1 Å². The molecule has 0 unspecified atom stereocenters. The fourth-order valence-electron chi connectivity index (χ4n) is 3.66. The van der Waals surface area contributed by atoms with E-state index in [1.54, 1.807) is 18.3 Å². The number of ether oxygens (including phenoxy) is 1. The molecule has 2 atom stereocenters. The van der Waals surface area contributed by atoms with E-state index in [0.29, 0.717) is 6.61 Å². The number of nitrogens with one attached hydrogen (secondary N) is 1. The highest BCUT2D eigenvalue weighted by Crippen LogP contribution is 2.33. The van der Waals surface area contributed by atoms with Crippen molar-refractivity contribution < 1.29 is 19.4 Å². The van der Waals surface area contributed by atoms with Crippen LogP contribution in [0.15, 0.2) is 60.0 Å². The largest absolute Gasteiger partial charge is 0.389 e. The van der Waals surface area contributed by atoms with Gasteiger partial charge < -0.3 is 15.2 Å². The summed E-state index contributed by atoms with van der Waals surface area (Å²) < 4.78 is 5.51.